The highest BCUT2D eigenvalue weighted by atomic mass is 32.2. The number of nitrogens with one attached hydrogen (secondary N) is 2. The maximum absolute atomic E-state index is 13.1. The molecule has 1 atom stereocenters. The molecule has 188 valence electrons. The number of hydrogen-bond donors (Lipinski definition) is 2. The average molecular weight is 513 g/mol. The summed E-state index contributed by atoms with van der Waals surface area (Å²) in [4.78, 5) is 39.1. The predicted molar refractivity (Wildman–Crippen MR) is 150 cm³/mol. The SMILES string of the molecule is Cc1c(NC(=O)C(C)Sc2ccc(NC(=O)/C=C/c3ccccc3)cc2)c(=O)n(-c2ccccc2)n1C. The van der Waals surface area contributed by atoms with Crippen LogP contribution in [0.25, 0.3) is 11.8 Å². The van der Waals surface area contributed by atoms with E-state index >= 15 is 0 Å². The maximum atomic E-state index is 13.1. The van der Waals surface area contributed by atoms with E-state index in [-0.39, 0.29) is 23.1 Å². The Labute approximate surface area is 219 Å². The molecule has 37 heavy (non-hydrogen) atoms. The van der Waals surface area contributed by atoms with E-state index in [1.807, 2.05) is 72.8 Å². The fourth-order valence-corrected chi connectivity index (χ4v) is 4.60. The van der Waals surface area contributed by atoms with Crippen molar-refractivity contribution in [1.29, 1.82) is 0 Å². The zero-order chi connectivity index (χ0) is 26.4. The lowest BCUT2D eigenvalue weighted by molar-refractivity contribution is -0.115. The molecule has 0 saturated carbocycles. The number of benzene rings is 3. The Hall–Kier alpha value is -4.30. The summed E-state index contributed by atoms with van der Waals surface area (Å²) in [6, 6.07) is 26.2. The number of para-hydroxylation sites is 1. The lowest BCUT2D eigenvalue weighted by Crippen LogP contribution is -2.27. The largest absolute Gasteiger partial charge is 0.323 e. The first-order chi connectivity index (χ1) is 17.8. The molecule has 0 fully saturated rings. The number of amides is 2. The molecule has 2 N–H and O–H groups in total. The maximum Gasteiger partial charge on any atom is 0.295 e. The smallest absolute Gasteiger partial charge is 0.295 e. The molecule has 0 radical (unpaired) electrons. The van der Waals surface area contributed by atoms with Gasteiger partial charge in [-0.25, -0.2) is 4.68 Å². The lowest BCUT2D eigenvalue weighted by Gasteiger charge is -2.12. The molecule has 0 aliphatic heterocycles. The van der Waals surface area contributed by atoms with Gasteiger partial charge in [0.1, 0.15) is 5.69 Å². The van der Waals surface area contributed by atoms with E-state index in [9.17, 15) is 14.4 Å². The second kappa shape index (κ2) is 11.6. The summed E-state index contributed by atoms with van der Waals surface area (Å²) in [6.07, 6.45) is 3.24. The topological polar surface area (TPSA) is 85.1 Å². The summed E-state index contributed by atoms with van der Waals surface area (Å²) < 4.78 is 3.26. The molecule has 0 bridgehead atoms. The number of hydrogen-bond acceptors (Lipinski definition) is 4. The Bertz CT molecular complexity index is 1470. The number of thioether (sulfide) groups is 1. The highest BCUT2D eigenvalue weighted by molar-refractivity contribution is 8.00. The molecule has 1 aromatic heterocycles. The lowest BCUT2D eigenvalue weighted by atomic mass is 10.2. The van der Waals surface area contributed by atoms with Crippen LogP contribution in [0.15, 0.2) is 101 Å². The van der Waals surface area contributed by atoms with Gasteiger partial charge in [-0.1, -0.05) is 48.5 Å². The van der Waals surface area contributed by atoms with Crippen molar-refractivity contribution in [3.8, 4) is 5.69 Å². The van der Waals surface area contributed by atoms with Crippen LogP contribution in [0.2, 0.25) is 0 Å². The van der Waals surface area contributed by atoms with Crippen molar-refractivity contribution in [3.63, 3.8) is 0 Å². The first-order valence-corrected chi connectivity index (χ1v) is 12.7. The Kier molecular flexibility index (Phi) is 8.10. The molecular formula is C29H28N4O3S. The second-order valence-electron chi connectivity index (χ2n) is 8.44. The highest BCUT2D eigenvalue weighted by Gasteiger charge is 2.21. The Morgan fingerprint density at radius 3 is 2.16 bits per heavy atom. The normalized spacial score (nSPS) is 11.9. The third kappa shape index (κ3) is 6.29. The summed E-state index contributed by atoms with van der Waals surface area (Å²) in [5, 5.41) is 5.20. The Morgan fingerprint density at radius 2 is 1.51 bits per heavy atom. The van der Waals surface area contributed by atoms with Gasteiger partial charge < -0.3 is 10.6 Å². The number of rotatable bonds is 8. The van der Waals surface area contributed by atoms with Crippen molar-refractivity contribution in [3.05, 3.63) is 113 Å². The van der Waals surface area contributed by atoms with Crippen LogP contribution in [0.1, 0.15) is 18.2 Å². The monoisotopic (exact) mass is 512 g/mol. The minimum atomic E-state index is -0.446. The Morgan fingerprint density at radius 1 is 0.892 bits per heavy atom. The summed E-state index contributed by atoms with van der Waals surface area (Å²) in [5.41, 5.74) is 2.99. The van der Waals surface area contributed by atoms with Gasteiger partial charge in [0, 0.05) is 23.7 Å². The van der Waals surface area contributed by atoms with Gasteiger partial charge in [-0.2, -0.15) is 0 Å². The highest BCUT2D eigenvalue weighted by Crippen LogP contribution is 2.26. The molecule has 4 rings (SSSR count). The zero-order valence-corrected chi connectivity index (χ0v) is 21.7. The molecule has 3 aromatic carbocycles. The molecule has 0 saturated heterocycles. The number of carbonyl (C=O) groups is 2. The minimum absolute atomic E-state index is 0.226. The quantitative estimate of drug-likeness (QED) is 0.249. The van der Waals surface area contributed by atoms with Crippen molar-refractivity contribution in [2.45, 2.75) is 24.0 Å². The third-order valence-corrected chi connectivity index (χ3v) is 6.95. The van der Waals surface area contributed by atoms with Crippen molar-refractivity contribution in [1.82, 2.24) is 9.36 Å². The van der Waals surface area contributed by atoms with E-state index in [0.29, 0.717) is 11.4 Å². The van der Waals surface area contributed by atoms with Gasteiger partial charge in [-0.05, 0) is 61.9 Å². The van der Waals surface area contributed by atoms with Crippen LogP contribution in [-0.4, -0.2) is 26.4 Å². The molecule has 7 nitrogen and oxygen atoms in total. The number of aromatic nitrogens is 2. The summed E-state index contributed by atoms with van der Waals surface area (Å²) in [6.45, 7) is 3.59. The van der Waals surface area contributed by atoms with Gasteiger partial charge in [-0.15, -0.1) is 11.8 Å². The average Bonchev–Trinajstić information content (AvgIpc) is 3.12. The van der Waals surface area contributed by atoms with Crippen LogP contribution in [0.4, 0.5) is 11.4 Å². The van der Waals surface area contributed by atoms with E-state index in [1.54, 1.807) is 43.8 Å². The fraction of sp³-hybridized carbons (Fsp3) is 0.138. The molecule has 1 heterocycles. The first-order valence-electron chi connectivity index (χ1n) is 11.8. The van der Waals surface area contributed by atoms with Crippen molar-refractivity contribution in [2.24, 2.45) is 7.05 Å². The van der Waals surface area contributed by atoms with Gasteiger partial charge >= 0.3 is 0 Å². The number of anilines is 2. The first kappa shape index (κ1) is 25.8. The zero-order valence-electron chi connectivity index (χ0n) is 20.8. The standard InChI is InChI=1S/C29H28N4O3S/c1-20-27(29(36)33(32(20)3)24-12-8-5-9-13-24)31-28(35)21(2)37-25-17-15-23(16-18-25)30-26(34)19-14-22-10-6-4-7-11-22/h4-19,21H,1-3H3,(H,30,34)(H,31,35)/b19-14+. The van der Waals surface area contributed by atoms with Crippen LogP contribution < -0.4 is 16.2 Å². The van der Waals surface area contributed by atoms with Crippen LogP contribution in [0.3, 0.4) is 0 Å². The fourth-order valence-electron chi connectivity index (χ4n) is 3.73. The molecule has 0 aliphatic rings. The van der Waals surface area contributed by atoms with E-state index in [0.717, 1.165) is 16.1 Å². The molecular weight excluding hydrogens is 484 g/mol. The Balaban J connectivity index is 1.37. The van der Waals surface area contributed by atoms with E-state index < -0.39 is 5.25 Å². The summed E-state index contributed by atoms with van der Waals surface area (Å²) >= 11 is 1.37. The molecule has 0 aliphatic carbocycles. The van der Waals surface area contributed by atoms with Crippen molar-refractivity contribution < 1.29 is 9.59 Å². The van der Waals surface area contributed by atoms with E-state index in [2.05, 4.69) is 10.6 Å². The molecule has 0 spiro atoms. The number of nitrogens with zero attached hydrogens (tertiary/aromatic N) is 2. The van der Waals surface area contributed by atoms with E-state index in [4.69, 9.17) is 0 Å². The van der Waals surface area contributed by atoms with Crippen LogP contribution in [0.5, 0.6) is 0 Å². The van der Waals surface area contributed by atoms with Gasteiger partial charge in [0.2, 0.25) is 11.8 Å². The second-order valence-corrected chi connectivity index (χ2v) is 9.86. The van der Waals surface area contributed by atoms with Crippen LogP contribution in [-0.2, 0) is 16.6 Å². The summed E-state index contributed by atoms with van der Waals surface area (Å²) in [5.74, 6) is -0.490. The van der Waals surface area contributed by atoms with Gasteiger partial charge in [0.05, 0.1) is 16.6 Å². The van der Waals surface area contributed by atoms with Crippen molar-refractivity contribution in [2.75, 3.05) is 10.6 Å². The number of carbonyl (C=O) groups excluding carboxylic acids is 2. The molecule has 2 amide bonds. The molecule has 4 aromatic rings. The summed E-state index contributed by atoms with van der Waals surface area (Å²) in [7, 11) is 1.79. The van der Waals surface area contributed by atoms with Crippen LogP contribution >= 0.6 is 11.8 Å². The van der Waals surface area contributed by atoms with Gasteiger partial charge in [-0.3, -0.25) is 19.1 Å². The minimum Gasteiger partial charge on any atom is -0.323 e. The molecule has 8 heteroatoms. The van der Waals surface area contributed by atoms with Crippen LogP contribution in [0, 0.1) is 6.92 Å². The van der Waals surface area contributed by atoms with Crippen molar-refractivity contribution >= 4 is 41.0 Å². The van der Waals surface area contributed by atoms with Gasteiger partial charge in [0.25, 0.3) is 5.56 Å². The molecule has 1 unspecified atom stereocenters. The third-order valence-electron chi connectivity index (χ3n) is 5.83. The van der Waals surface area contributed by atoms with E-state index in [1.165, 1.54) is 22.5 Å². The van der Waals surface area contributed by atoms with Gasteiger partial charge in [0.15, 0.2) is 0 Å². The predicted octanol–water partition coefficient (Wildman–Crippen LogP) is 5.26.